The summed E-state index contributed by atoms with van der Waals surface area (Å²) >= 11 is 1.03. The van der Waals surface area contributed by atoms with Crippen LogP contribution in [0, 0.1) is 5.92 Å². The smallest absolute Gasteiger partial charge is 0.364 e. The zero-order chi connectivity index (χ0) is 9.40. The molecule has 72 valence electrons. The van der Waals surface area contributed by atoms with Gasteiger partial charge in [0.05, 0.1) is 0 Å². The summed E-state index contributed by atoms with van der Waals surface area (Å²) in [5.74, 6) is 1.36. The van der Waals surface area contributed by atoms with E-state index in [1.54, 1.807) is 0 Å². The molecule has 1 N–H and O–H groups in total. The number of carbonyl (C=O) groups is 1. The standard InChI is InChI=1S/C9H18O2S/c1-3-5-6-8(4-2)7-12-9(10)11/h8H,3-7H2,1-2H3,(H,10,11). The summed E-state index contributed by atoms with van der Waals surface area (Å²) in [7, 11) is 0. The number of hydrogen-bond acceptors (Lipinski definition) is 2. The summed E-state index contributed by atoms with van der Waals surface area (Å²) in [6.45, 7) is 4.29. The molecule has 0 rings (SSSR count). The Morgan fingerprint density at radius 2 is 2.17 bits per heavy atom. The van der Waals surface area contributed by atoms with Gasteiger partial charge in [-0.2, -0.15) is 0 Å². The molecule has 0 bridgehead atoms. The number of carboxylic acid groups (broad SMARTS) is 1. The minimum Gasteiger partial charge on any atom is -0.473 e. The fraction of sp³-hybridized carbons (Fsp3) is 0.889. The molecule has 0 aliphatic carbocycles. The lowest BCUT2D eigenvalue weighted by atomic mass is 10.0. The zero-order valence-corrected chi connectivity index (χ0v) is 8.69. The Hall–Kier alpha value is -0.180. The van der Waals surface area contributed by atoms with Crippen LogP contribution in [-0.2, 0) is 0 Å². The summed E-state index contributed by atoms with van der Waals surface area (Å²) < 4.78 is 0. The second-order valence-electron chi connectivity index (χ2n) is 2.99. The SMILES string of the molecule is CCCCC(CC)CSC(=O)O. The van der Waals surface area contributed by atoms with Gasteiger partial charge in [-0.25, -0.2) is 4.79 Å². The van der Waals surface area contributed by atoms with Gasteiger partial charge in [-0.05, 0) is 24.1 Å². The van der Waals surface area contributed by atoms with Crippen molar-refractivity contribution in [1.29, 1.82) is 0 Å². The van der Waals surface area contributed by atoms with Gasteiger partial charge in [-0.1, -0.05) is 33.1 Å². The molecule has 0 aromatic rings. The molecule has 1 atom stereocenters. The maximum atomic E-state index is 10.3. The first kappa shape index (κ1) is 11.8. The third-order valence-corrected chi connectivity index (χ3v) is 2.87. The Morgan fingerprint density at radius 1 is 1.50 bits per heavy atom. The van der Waals surface area contributed by atoms with Crippen LogP contribution in [0.3, 0.4) is 0 Å². The molecule has 0 saturated heterocycles. The van der Waals surface area contributed by atoms with Crippen LogP contribution in [0.5, 0.6) is 0 Å². The predicted molar refractivity (Wildman–Crippen MR) is 53.8 cm³/mol. The van der Waals surface area contributed by atoms with Crippen LogP contribution in [0.4, 0.5) is 4.79 Å². The van der Waals surface area contributed by atoms with Crippen LogP contribution in [0.25, 0.3) is 0 Å². The maximum Gasteiger partial charge on any atom is 0.364 e. The average molecular weight is 190 g/mol. The monoisotopic (exact) mass is 190 g/mol. The summed E-state index contributed by atoms with van der Waals surface area (Å²) in [5.41, 5.74) is 0. The van der Waals surface area contributed by atoms with Crippen LogP contribution in [-0.4, -0.2) is 16.2 Å². The molecule has 12 heavy (non-hydrogen) atoms. The second-order valence-corrected chi connectivity index (χ2v) is 3.96. The topological polar surface area (TPSA) is 37.3 Å². The maximum absolute atomic E-state index is 10.3. The molecule has 3 heteroatoms. The molecule has 0 aromatic carbocycles. The first-order valence-electron chi connectivity index (χ1n) is 4.56. The zero-order valence-electron chi connectivity index (χ0n) is 7.88. The fourth-order valence-corrected chi connectivity index (χ4v) is 1.87. The molecule has 0 amide bonds. The first-order chi connectivity index (χ1) is 5.70. The van der Waals surface area contributed by atoms with Gasteiger partial charge < -0.3 is 5.11 Å². The normalized spacial score (nSPS) is 12.8. The van der Waals surface area contributed by atoms with E-state index >= 15 is 0 Å². The van der Waals surface area contributed by atoms with Gasteiger partial charge in [0.15, 0.2) is 0 Å². The van der Waals surface area contributed by atoms with Crippen molar-refractivity contribution in [2.24, 2.45) is 5.92 Å². The average Bonchev–Trinajstić information content (AvgIpc) is 2.05. The largest absolute Gasteiger partial charge is 0.473 e. The van der Waals surface area contributed by atoms with Crippen molar-refractivity contribution in [1.82, 2.24) is 0 Å². The van der Waals surface area contributed by atoms with Crippen LogP contribution in [0.2, 0.25) is 0 Å². The predicted octanol–water partition coefficient (Wildman–Crippen LogP) is 3.61. The number of rotatable bonds is 6. The lowest BCUT2D eigenvalue weighted by molar-refractivity contribution is 0.222. The van der Waals surface area contributed by atoms with Gasteiger partial charge in [0, 0.05) is 5.75 Å². The number of hydrogen-bond donors (Lipinski definition) is 1. The van der Waals surface area contributed by atoms with Crippen molar-refractivity contribution < 1.29 is 9.90 Å². The summed E-state index contributed by atoms with van der Waals surface area (Å²) in [5, 5.41) is 7.70. The lowest BCUT2D eigenvalue weighted by Gasteiger charge is -2.11. The Balaban J connectivity index is 3.45. The highest BCUT2D eigenvalue weighted by Crippen LogP contribution is 2.18. The van der Waals surface area contributed by atoms with Crippen LogP contribution in [0.15, 0.2) is 0 Å². The minimum absolute atomic E-state index is 0.589. The van der Waals surface area contributed by atoms with Crippen molar-refractivity contribution in [2.45, 2.75) is 39.5 Å². The van der Waals surface area contributed by atoms with E-state index in [1.165, 1.54) is 19.3 Å². The van der Waals surface area contributed by atoms with E-state index in [2.05, 4.69) is 13.8 Å². The first-order valence-corrected chi connectivity index (χ1v) is 5.55. The van der Waals surface area contributed by atoms with Crippen LogP contribution < -0.4 is 0 Å². The van der Waals surface area contributed by atoms with Crippen molar-refractivity contribution in [3.05, 3.63) is 0 Å². The van der Waals surface area contributed by atoms with Crippen molar-refractivity contribution in [2.75, 3.05) is 5.75 Å². The van der Waals surface area contributed by atoms with Crippen LogP contribution >= 0.6 is 11.8 Å². The van der Waals surface area contributed by atoms with Gasteiger partial charge >= 0.3 is 5.30 Å². The van der Waals surface area contributed by atoms with E-state index in [9.17, 15) is 4.79 Å². The van der Waals surface area contributed by atoms with Gasteiger partial charge in [-0.3, -0.25) is 0 Å². The molecule has 0 aliphatic rings. The van der Waals surface area contributed by atoms with E-state index < -0.39 is 5.30 Å². The summed E-state index contributed by atoms with van der Waals surface area (Å²) in [6.07, 6.45) is 4.69. The van der Waals surface area contributed by atoms with E-state index in [4.69, 9.17) is 5.11 Å². The van der Waals surface area contributed by atoms with E-state index in [-0.39, 0.29) is 0 Å². The summed E-state index contributed by atoms with van der Waals surface area (Å²) in [4.78, 5) is 10.3. The quantitative estimate of drug-likeness (QED) is 0.695. The molecular formula is C9H18O2S. The Bertz CT molecular complexity index is 126. The highest BCUT2D eigenvalue weighted by atomic mass is 32.2. The van der Waals surface area contributed by atoms with Gasteiger partial charge in [-0.15, -0.1) is 0 Å². The Labute approximate surface area is 78.7 Å². The van der Waals surface area contributed by atoms with Crippen molar-refractivity contribution >= 4 is 17.1 Å². The van der Waals surface area contributed by atoms with Crippen molar-refractivity contribution in [3.63, 3.8) is 0 Å². The molecule has 0 aliphatic heterocycles. The minimum atomic E-state index is -0.745. The van der Waals surface area contributed by atoms with Crippen molar-refractivity contribution in [3.8, 4) is 0 Å². The molecule has 0 aromatic heterocycles. The lowest BCUT2D eigenvalue weighted by Crippen LogP contribution is -2.03. The third kappa shape index (κ3) is 6.53. The third-order valence-electron chi connectivity index (χ3n) is 1.99. The van der Waals surface area contributed by atoms with E-state index in [0.29, 0.717) is 5.92 Å². The molecule has 0 fully saturated rings. The van der Waals surface area contributed by atoms with Gasteiger partial charge in [0.2, 0.25) is 0 Å². The highest BCUT2D eigenvalue weighted by Gasteiger charge is 2.08. The molecule has 2 nitrogen and oxygen atoms in total. The van der Waals surface area contributed by atoms with E-state index in [1.807, 2.05) is 0 Å². The van der Waals surface area contributed by atoms with E-state index in [0.717, 1.165) is 23.9 Å². The summed E-state index contributed by atoms with van der Waals surface area (Å²) in [6, 6.07) is 0. The molecule has 0 spiro atoms. The molecule has 0 heterocycles. The van der Waals surface area contributed by atoms with Gasteiger partial charge in [0.25, 0.3) is 0 Å². The molecule has 0 saturated carbocycles. The highest BCUT2D eigenvalue weighted by molar-refractivity contribution is 8.13. The molecule has 1 unspecified atom stereocenters. The Morgan fingerprint density at radius 3 is 2.58 bits per heavy atom. The van der Waals surface area contributed by atoms with Crippen LogP contribution in [0.1, 0.15) is 39.5 Å². The molecule has 0 radical (unpaired) electrons. The molecular weight excluding hydrogens is 172 g/mol. The van der Waals surface area contributed by atoms with Gasteiger partial charge in [0.1, 0.15) is 0 Å². The fourth-order valence-electron chi connectivity index (χ4n) is 1.09. The Kier molecular flexibility index (Phi) is 7.36. The second kappa shape index (κ2) is 7.47. The number of unbranched alkanes of at least 4 members (excludes halogenated alkanes) is 1. The number of thioether (sulfide) groups is 1.